The van der Waals surface area contributed by atoms with Gasteiger partial charge in [-0.15, -0.1) is 0 Å². The summed E-state index contributed by atoms with van der Waals surface area (Å²) in [6.45, 7) is -5.89. The highest BCUT2D eigenvalue weighted by atomic mass is 35.5. The standard InChI is InChI=1S/C26H13ClF10N4O3/c27-14-2-1-11(28)6-13(14)19-17-15(38-21(42)9-3-10(26(35,36)37)5-12(29)4-9)7-16-20(18(17)22(43)39-19)41(23(30)31)24(44)40(16)8-25(32,33)34/h1-7,19,23H,8H2,(H,38,42)(H,39,43). The zero-order valence-corrected chi connectivity index (χ0v) is 21.9. The SMILES string of the molecule is O=C(Nc1cc2c(c3c1C(c1cc(F)ccc1Cl)NC3=O)n(C(F)F)c(=O)n2CC(F)(F)F)c1cc(F)cc(C(F)(F)F)c1. The van der Waals surface area contributed by atoms with Gasteiger partial charge in [0.25, 0.3) is 11.8 Å². The van der Waals surface area contributed by atoms with Gasteiger partial charge in [-0.1, -0.05) is 11.6 Å². The molecule has 0 radical (unpaired) electrons. The molecule has 4 aromatic rings. The van der Waals surface area contributed by atoms with Gasteiger partial charge in [0.2, 0.25) is 0 Å². The van der Waals surface area contributed by atoms with Crippen LogP contribution in [0.15, 0.2) is 47.3 Å². The third kappa shape index (κ3) is 5.46. The second-order valence-corrected chi connectivity index (χ2v) is 9.87. The van der Waals surface area contributed by atoms with Crippen molar-refractivity contribution in [1.82, 2.24) is 14.5 Å². The molecule has 18 heteroatoms. The quantitative estimate of drug-likeness (QED) is 0.232. The molecule has 1 atom stereocenters. The Balaban J connectivity index is 1.82. The number of amides is 2. The number of carbonyl (C=O) groups is 2. The lowest BCUT2D eigenvalue weighted by Crippen LogP contribution is -2.30. The summed E-state index contributed by atoms with van der Waals surface area (Å²) >= 11 is 6.17. The second-order valence-electron chi connectivity index (χ2n) is 9.46. The molecule has 1 aromatic heterocycles. The average molecular weight is 655 g/mol. The molecule has 2 heterocycles. The van der Waals surface area contributed by atoms with Gasteiger partial charge >= 0.3 is 24.6 Å². The van der Waals surface area contributed by atoms with Gasteiger partial charge in [-0.3, -0.25) is 14.2 Å². The number of fused-ring (bicyclic) bond motifs is 3. The van der Waals surface area contributed by atoms with Gasteiger partial charge < -0.3 is 10.6 Å². The smallest absolute Gasteiger partial charge is 0.341 e. The first-order chi connectivity index (χ1) is 20.4. The van der Waals surface area contributed by atoms with Crippen molar-refractivity contribution >= 4 is 40.1 Å². The fourth-order valence-electron chi connectivity index (χ4n) is 4.92. The van der Waals surface area contributed by atoms with Gasteiger partial charge in [0.1, 0.15) is 18.2 Å². The molecule has 0 aliphatic carbocycles. The monoisotopic (exact) mass is 654 g/mol. The Kier molecular flexibility index (Phi) is 7.42. The first-order valence-electron chi connectivity index (χ1n) is 12.0. The van der Waals surface area contributed by atoms with Crippen LogP contribution in [-0.4, -0.2) is 27.1 Å². The molecule has 2 N–H and O–H groups in total. The lowest BCUT2D eigenvalue weighted by Gasteiger charge is -2.19. The largest absolute Gasteiger partial charge is 0.416 e. The Hall–Kier alpha value is -4.54. The van der Waals surface area contributed by atoms with Gasteiger partial charge in [0.15, 0.2) is 0 Å². The first-order valence-corrected chi connectivity index (χ1v) is 12.4. The van der Waals surface area contributed by atoms with E-state index in [1.165, 1.54) is 0 Å². The molecule has 1 aliphatic rings. The van der Waals surface area contributed by atoms with Crippen molar-refractivity contribution in [1.29, 1.82) is 0 Å². The summed E-state index contributed by atoms with van der Waals surface area (Å²) in [5.41, 5.74) is -8.51. The van der Waals surface area contributed by atoms with Crippen LogP contribution in [0.1, 0.15) is 50.0 Å². The zero-order valence-electron chi connectivity index (χ0n) is 21.2. The summed E-state index contributed by atoms with van der Waals surface area (Å²) in [5, 5.41) is 4.15. The van der Waals surface area contributed by atoms with Gasteiger partial charge in [-0.05, 0) is 42.5 Å². The number of benzene rings is 3. The molecule has 5 rings (SSSR count). The number of nitrogens with one attached hydrogen (secondary N) is 2. The van der Waals surface area contributed by atoms with Crippen LogP contribution in [0.4, 0.5) is 49.6 Å². The molecule has 2 amide bonds. The minimum Gasteiger partial charge on any atom is -0.341 e. The van der Waals surface area contributed by atoms with Crippen LogP contribution in [-0.2, 0) is 12.7 Å². The number of aromatic nitrogens is 2. The van der Waals surface area contributed by atoms with E-state index in [9.17, 15) is 58.3 Å². The Morgan fingerprint density at radius 1 is 0.977 bits per heavy atom. The van der Waals surface area contributed by atoms with Crippen LogP contribution in [0.3, 0.4) is 0 Å². The highest BCUT2D eigenvalue weighted by molar-refractivity contribution is 6.31. The van der Waals surface area contributed by atoms with Crippen molar-refractivity contribution in [2.75, 3.05) is 5.32 Å². The number of hydrogen-bond acceptors (Lipinski definition) is 3. The van der Waals surface area contributed by atoms with Crippen molar-refractivity contribution in [2.45, 2.75) is 31.5 Å². The normalized spacial score (nSPS) is 15.2. The summed E-state index contributed by atoms with van der Waals surface area (Å²) in [6, 6.07) is 2.57. The molecule has 0 spiro atoms. The topological polar surface area (TPSA) is 85.1 Å². The predicted octanol–water partition coefficient (Wildman–Crippen LogP) is 6.80. The van der Waals surface area contributed by atoms with Crippen LogP contribution in [0, 0.1) is 11.6 Å². The van der Waals surface area contributed by atoms with Gasteiger partial charge in [-0.25, -0.2) is 18.1 Å². The van der Waals surface area contributed by atoms with E-state index in [1.807, 2.05) is 0 Å². The third-order valence-electron chi connectivity index (χ3n) is 6.62. The van der Waals surface area contributed by atoms with Gasteiger partial charge in [0, 0.05) is 27.4 Å². The minimum absolute atomic E-state index is 0.0913. The molecule has 232 valence electrons. The third-order valence-corrected chi connectivity index (χ3v) is 6.96. The summed E-state index contributed by atoms with van der Waals surface area (Å²) in [6.07, 6.45) is -10.2. The lowest BCUT2D eigenvalue weighted by molar-refractivity contribution is -0.140. The summed E-state index contributed by atoms with van der Waals surface area (Å²) in [5.74, 6) is -5.12. The predicted molar refractivity (Wildman–Crippen MR) is 134 cm³/mol. The molecule has 0 fully saturated rings. The van der Waals surface area contributed by atoms with Crippen molar-refractivity contribution in [3.63, 3.8) is 0 Å². The molecule has 0 bridgehead atoms. The van der Waals surface area contributed by atoms with Crippen LogP contribution < -0.4 is 16.3 Å². The van der Waals surface area contributed by atoms with Crippen LogP contribution in [0.2, 0.25) is 5.02 Å². The molecular weight excluding hydrogens is 642 g/mol. The van der Waals surface area contributed by atoms with E-state index in [-0.39, 0.29) is 31.9 Å². The van der Waals surface area contributed by atoms with E-state index in [0.29, 0.717) is 12.1 Å². The lowest BCUT2D eigenvalue weighted by atomic mass is 9.95. The number of carbonyl (C=O) groups excluding carboxylic acids is 2. The first kappa shape index (κ1) is 30.9. The van der Waals surface area contributed by atoms with Gasteiger partial charge in [-0.2, -0.15) is 35.1 Å². The molecule has 7 nitrogen and oxygen atoms in total. The Bertz CT molecular complexity index is 1910. The Labute approximate surface area is 242 Å². The minimum atomic E-state index is -5.15. The maximum absolute atomic E-state index is 14.2. The Morgan fingerprint density at radius 2 is 1.66 bits per heavy atom. The van der Waals surface area contributed by atoms with E-state index in [0.717, 1.165) is 18.2 Å². The molecule has 0 saturated carbocycles. The summed E-state index contributed by atoms with van der Waals surface area (Å²) in [4.78, 5) is 39.1. The number of rotatable bonds is 5. The highest BCUT2D eigenvalue weighted by Crippen LogP contribution is 2.44. The summed E-state index contributed by atoms with van der Waals surface area (Å²) in [7, 11) is 0. The van der Waals surface area contributed by atoms with Crippen LogP contribution in [0.25, 0.3) is 11.0 Å². The molecular formula is C26H13ClF10N4O3. The number of anilines is 1. The van der Waals surface area contributed by atoms with Crippen LogP contribution in [0.5, 0.6) is 0 Å². The Morgan fingerprint density at radius 3 is 2.27 bits per heavy atom. The maximum atomic E-state index is 14.2. The number of hydrogen-bond donors (Lipinski definition) is 2. The van der Waals surface area contributed by atoms with Crippen molar-refractivity contribution in [2.24, 2.45) is 0 Å². The number of imidazole rings is 1. The number of alkyl halides is 8. The van der Waals surface area contributed by atoms with E-state index < -0.39 is 99.6 Å². The van der Waals surface area contributed by atoms with Crippen LogP contribution >= 0.6 is 11.6 Å². The number of nitrogens with zero attached hydrogens (tertiary/aromatic N) is 2. The van der Waals surface area contributed by atoms with Crippen molar-refractivity contribution in [3.05, 3.63) is 97.4 Å². The summed E-state index contributed by atoms with van der Waals surface area (Å²) < 4.78 is 136. The second kappa shape index (κ2) is 10.6. The zero-order chi connectivity index (χ0) is 32.5. The molecule has 0 saturated heterocycles. The van der Waals surface area contributed by atoms with E-state index in [2.05, 4.69) is 10.6 Å². The molecule has 1 aliphatic heterocycles. The van der Waals surface area contributed by atoms with Crippen molar-refractivity contribution < 1.29 is 53.5 Å². The number of halogens is 11. The fraction of sp³-hybridized carbons (Fsp3) is 0.192. The van der Waals surface area contributed by atoms with E-state index in [4.69, 9.17) is 11.6 Å². The highest BCUT2D eigenvalue weighted by Gasteiger charge is 2.41. The molecule has 1 unspecified atom stereocenters. The average Bonchev–Trinajstić information content (AvgIpc) is 3.38. The van der Waals surface area contributed by atoms with Gasteiger partial charge in [0.05, 0.1) is 28.2 Å². The van der Waals surface area contributed by atoms with Crippen molar-refractivity contribution in [3.8, 4) is 0 Å². The van der Waals surface area contributed by atoms with E-state index in [1.54, 1.807) is 0 Å². The fourth-order valence-corrected chi connectivity index (χ4v) is 5.15. The molecule has 44 heavy (non-hydrogen) atoms. The molecule has 3 aromatic carbocycles. The van der Waals surface area contributed by atoms with E-state index >= 15 is 0 Å². The maximum Gasteiger partial charge on any atom is 0.416 e.